The molecule has 19 heavy (non-hydrogen) atoms. The number of nitrogens with one attached hydrogen (secondary N) is 2. The average Bonchev–Trinajstić information content (AvgIpc) is 2.90. The van der Waals surface area contributed by atoms with Crippen molar-refractivity contribution in [3.63, 3.8) is 0 Å². The van der Waals surface area contributed by atoms with Crippen molar-refractivity contribution in [2.24, 2.45) is 0 Å². The zero-order valence-electron chi connectivity index (χ0n) is 12.1. The molecule has 0 amide bonds. The van der Waals surface area contributed by atoms with Crippen molar-refractivity contribution in [1.82, 2.24) is 5.32 Å². The molecule has 1 saturated heterocycles. The number of methoxy groups -OCH3 is 1. The van der Waals surface area contributed by atoms with Crippen molar-refractivity contribution in [1.29, 1.82) is 0 Å². The van der Waals surface area contributed by atoms with E-state index in [1.165, 1.54) is 37.1 Å². The summed E-state index contributed by atoms with van der Waals surface area (Å²) in [4.78, 5) is 0. The topological polar surface area (TPSA) is 33.3 Å². The van der Waals surface area contributed by atoms with Crippen LogP contribution in [0.15, 0.2) is 24.3 Å². The fourth-order valence-corrected chi connectivity index (χ4v) is 2.80. The molecule has 0 radical (unpaired) electrons. The Hall–Kier alpha value is -1.06. The Kier molecular flexibility index (Phi) is 5.67. The number of para-hydroxylation sites is 1. The van der Waals surface area contributed by atoms with Gasteiger partial charge in [0.15, 0.2) is 0 Å². The summed E-state index contributed by atoms with van der Waals surface area (Å²) in [7, 11) is 1.75. The summed E-state index contributed by atoms with van der Waals surface area (Å²) in [6, 6.07) is 9.73. The quantitative estimate of drug-likeness (QED) is 0.793. The molecule has 1 heterocycles. The molecular formula is C16H26N2O. The molecule has 2 atom stereocenters. The van der Waals surface area contributed by atoms with Crippen LogP contribution in [-0.4, -0.2) is 32.3 Å². The molecule has 0 aliphatic carbocycles. The van der Waals surface area contributed by atoms with Crippen molar-refractivity contribution in [2.45, 2.75) is 44.7 Å². The van der Waals surface area contributed by atoms with Gasteiger partial charge in [0.25, 0.3) is 0 Å². The number of hydrogen-bond acceptors (Lipinski definition) is 3. The van der Waals surface area contributed by atoms with E-state index in [0.29, 0.717) is 12.1 Å². The first-order chi connectivity index (χ1) is 9.29. The molecule has 106 valence electrons. The summed E-state index contributed by atoms with van der Waals surface area (Å²) in [6.07, 6.45) is 4.80. The van der Waals surface area contributed by atoms with Crippen LogP contribution in [0.2, 0.25) is 0 Å². The van der Waals surface area contributed by atoms with E-state index in [1.807, 2.05) is 0 Å². The van der Waals surface area contributed by atoms with Gasteiger partial charge in [0.05, 0.1) is 6.61 Å². The normalized spacial score (nSPS) is 20.4. The van der Waals surface area contributed by atoms with Crippen LogP contribution in [-0.2, 0) is 11.2 Å². The number of anilines is 1. The van der Waals surface area contributed by atoms with E-state index in [9.17, 15) is 0 Å². The van der Waals surface area contributed by atoms with E-state index in [2.05, 4.69) is 41.8 Å². The molecule has 2 unspecified atom stereocenters. The molecule has 0 spiro atoms. The van der Waals surface area contributed by atoms with Gasteiger partial charge >= 0.3 is 0 Å². The summed E-state index contributed by atoms with van der Waals surface area (Å²) in [5, 5.41) is 7.21. The predicted molar refractivity (Wildman–Crippen MR) is 80.7 cm³/mol. The molecule has 1 aromatic carbocycles. The molecule has 1 aromatic rings. The highest BCUT2D eigenvalue weighted by molar-refractivity contribution is 5.51. The van der Waals surface area contributed by atoms with Gasteiger partial charge in [-0.25, -0.2) is 0 Å². The predicted octanol–water partition coefficient (Wildman–Crippen LogP) is 2.82. The first-order valence-electron chi connectivity index (χ1n) is 7.36. The molecule has 0 saturated carbocycles. The Morgan fingerprint density at radius 3 is 3.00 bits per heavy atom. The van der Waals surface area contributed by atoms with Crippen LogP contribution in [0, 0.1) is 0 Å². The zero-order valence-corrected chi connectivity index (χ0v) is 12.1. The second-order valence-electron chi connectivity index (χ2n) is 5.47. The van der Waals surface area contributed by atoms with Crippen LogP contribution >= 0.6 is 0 Å². The molecule has 2 N–H and O–H groups in total. The van der Waals surface area contributed by atoms with Crippen molar-refractivity contribution >= 4 is 5.69 Å². The van der Waals surface area contributed by atoms with Crippen LogP contribution < -0.4 is 10.6 Å². The number of hydrogen-bond donors (Lipinski definition) is 2. The van der Waals surface area contributed by atoms with E-state index >= 15 is 0 Å². The van der Waals surface area contributed by atoms with E-state index in [-0.39, 0.29) is 0 Å². The lowest BCUT2D eigenvalue weighted by Crippen LogP contribution is -2.29. The second kappa shape index (κ2) is 7.51. The monoisotopic (exact) mass is 262 g/mol. The SMILES string of the molecule is COCCc1ccccc1NC(C)CC1CCCN1. The maximum Gasteiger partial charge on any atom is 0.0503 e. The van der Waals surface area contributed by atoms with Crippen LogP contribution in [0.1, 0.15) is 31.7 Å². The van der Waals surface area contributed by atoms with Gasteiger partial charge in [-0.3, -0.25) is 0 Å². The smallest absolute Gasteiger partial charge is 0.0503 e. The van der Waals surface area contributed by atoms with E-state index in [0.717, 1.165) is 13.0 Å². The summed E-state index contributed by atoms with van der Waals surface area (Å²) < 4.78 is 5.18. The molecule has 0 aromatic heterocycles. The van der Waals surface area contributed by atoms with Crippen LogP contribution in [0.25, 0.3) is 0 Å². The third kappa shape index (κ3) is 4.51. The average molecular weight is 262 g/mol. The lowest BCUT2D eigenvalue weighted by molar-refractivity contribution is 0.202. The molecule has 3 heteroatoms. The van der Waals surface area contributed by atoms with Crippen molar-refractivity contribution in [3.8, 4) is 0 Å². The Balaban J connectivity index is 1.89. The fourth-order valence-electron chi connectivity index (χ4n) is 2.80. The van der Waals surface area contributed by atoms with Crippen molar-refractivity contribution in [3.05, 3.63) is 29.8 Å². The highest BCUT2D eigenvalue weighted by Gasteiger charge is 2.17. The lowest BCUT2D eigenvalue weighted by Gasteiger charge is -2.21. The van der Waals surface area contributed by atoms with Gasteiger partial charge in [0.2, 0.25) is 0 Å². The minimum atomic E-state index is 0.499. The van der Waals surface area contributed by atoms with E-state index in [4.69, 9.17) is 4.74 Å². The van der Waals surface area contributed by atoms with Crippen LogP contribution in [0.4, 0.5) is 5.69 Å². The first-order valence-corrected chi connectivity index (χ1v) is 7.36. The lowest BCUT2D eigenvalue weighted by atomic mass is 10.0. The van der Waals surface area contributed by atoms with E-state index < -0.39 is 0 Å². The standard InChI is InChI=1S/C16H26N2O/c1-13(12-15-7-5-10-17-15)18-16-8-4-3-6-14(16)9-11-19-2/h3-4,6,8,13,15,17-18H,5,7,9-12H2,1-2H3. The summed E-state index contributed by atoms with van der Waals surface area (Å²) in [5.74, 6) is 0. The largest absolute Gasteiger partial charge is 0.384 e. The van der Waals surface area contributed by atoms with Gasteiger partial charge in [0, 0.05) is 24.9 Å². The fraction of sp³-hybridized carbons (Fsp3) is 0.625. The Bertz CT molecular complexity index is 375. The third-order valence-corrected chi connectivity index (χ3v) is 3.80. The molecule has 1 aliphatic rings. The molecular weight excluding hydrogens is 236 g/mol. The summed E-state index contributed by atoms with van der Waals surface area (Å²) in [6.45, 7) is 4.23. The first kappa shape index (κ1) is 14.4. The van der Waals surface area contributed by atoms with Gasteiger partial charge in [-0.15, -0.1) is 0 Å². The van der Waals surface area contributed by atoms with E-state index in [1.54, 1.807) is 7.11 Å². The van der Waals surface area contributed by atoms with Gasteiger partial charge in [-0.2, -0.15) is 0 Å². The second-order valence-corrected chi connectivity index (χ2v) is 5.47. The number of rotatable bonds is 7. The Labute approximate surface area is 116 Å². The van der Waals surface area contributed by atoms with Gasteiger partial charge in [0.1, 0.15) is 0 Å². The third-order valence-electron chi connectivity index (χ3n) is 3.80. The molecule has 0 bridgehead atoms. The van der Waals surface area contributed by atoms with Gasteiger partial charge < -0.3 is 15.4 Å². The zero-order chi connectivity index (χ0) is 13.5. The minimum Gasteiger partial charge on any atom is -0.384 e. The Morgan fingerprint density at radius 1 is 1.42 bits per heavy atom. The maximum atomic E-state index is 5.18. The number of benzene rings is 1. The Morgan fingerprint density at radius 2 is 2.26 bits per heavy atom. The molecule has 1 fully saturated rings. The molecule has 3 nitrogen and oxygen atoms in total. The number of ether oxygens (including phenoxy) is 1. The van der Waals surface area contributed by atoms with Crippen LogP contribution in [0.3, 0.4) is 0 Å². The van der Waals surface area contributed by atoms with Crippen molar-refractivity contribution in [2.75, 3.05) is 25.6 Å². The van der Waals surface area contributed by atoms with Gasteiger partial charge in [-0.05, 0) is 50.8 Å². The maximum absolute atomic E-state index is 5.18. The van der Waals surface area contributed by atoms with Crippen LogP contribution in [0.5, 0.6) is 0 Å². The highest BCUT2D eigenvalue weighted by Crippen LogP contribution is 2.19. The van der Waals surface area contributed by atoms with Crippen molar-refractivity contribution < 1.29 is 4.74 Å². The highest BCUT2D eigenvalue weighted by atomic mass is 16.5. The van der Waals surface area contributed by atoms with Gasteiger partial charge in [-0.1, -0.05) is 18.2 Å². The molecule has 1 aliphatic heterocycles. The summed E-state index contributed by atoms with van der Waals surface area (Å²) in [5.41, 5.74) is 2.60. The minimum absolute atomic E-state index is 0.499. The molecule has 2 rings (SSSR count). The summed E-state index contributed by atoms with van der Waals surface area (Å²) >= 11 is 0.